The molecule has 2 amide bonds. The Balaban J connectivity index is 1.74. The van der Waals surface area contributed by atoms with E-state index in [-0.39, 0.29) is 11.1 Å². The van der Waals surface area contributed by atoms with Crippen LogP contribution in [0.2, 0.25) is 0 Å². The predicted molar refractivity (Wildman–Crippen MR) is 110 cm³/mol. The van der Waals surface area contributed by atoms with Gasteiger partial charge in [0, 0.05) is 0 Å². The fraction of sp³-hybridized carbons (Fsp3) is 0.263. The third kappa shape index (κ3) is 4.54. The minimum absolute atomic E-state index is 0.228. The monoisotopic (exact) mass is 434 g/mol. The lowest BCUT2D eigenvalue weighted by Crippen LogP contribution is -2.34. The first-order valence-corrected chi connectivity index (χ1v) is 10.4. The van der Waals surface area contributed by atoms with E-state index in [2.05, 4.69) is 15.4 Å². The molecular weight excluding hydrogens is 416 g/mol. The molecule has 0 saturated carbocycles. The van der Waals surface area contributed by atoms with Crippen molar-refractivity contribution >= 4 is 56.4 Å². The maximum absolute atomic E-state index is 12.7. The largest absolute Gasteiger partial charge is 0.481 e. The molecule has 0 bridgehead atoms. The number of ether oxygens (including phenoxy) is 1. The predicted octanol–water partition coefficient (Wildman–Crippen LogP) is 3.45. The van der Waals surface area contributed by atoms with Crippen molar-refractivity contribution < 1.29 is 29.0 Å². The summed E-state index contributed by atoms with van der Waals surface area (Å²) in [4.78, 5) is 48.5. The Morgan fingerprint density at radius 3 is 2.17 bits per heavy atom. The normalized spacial score (nSPS) is 18.1. The van der Waals surface area contributed by atoms with Crippen molar-refractivity contribution in [3.05, 3.63) is 46.2 Å². The summed E-state index contributed by atoms with van der Waals surface area (Å²) < 4.78 is 4.69. The van der Waals surface area contributed by atoms with Gasteiger partial charge in [0.2, 0.25) is 5.91 Å². The second-order valence-corrected chi connectivity index (χ2v) is 8.09. The molecule has 2 atom stereocenters. The molecule has 0 saturated heterocycles. The van der Waals surface area contributed by atoms with Gasteiger partial charge in [-0.05, 0) is 35.7 Å². The molecule has 3 rings (SSSR count). The lowest BCUT2D eigenvalue weighted by Gasteiger charge is -2.24. The van der Waals surface area contributed by atoms with E-state index < -0.39 is 35.6 Å². The standard InChI is InChI=1S/C19H18N2O6S2/c1-27-19(26)13-7-9-29-17(13)21-15(23)12-6-8-28-16(12)20-14(22)10-4-2-3-5-11(10)18(24)25/h2-3,6-11H,4-5H2,1H3,(H,20,22)(H,21,23)(H,24,25)/t10-,11+/m1/s1. The molecule has 8 nitrogen and oxygen atoms in total. The highest BCUT2D eigenvalue weighted by atomic mass is 32.1. The van der Waals surface area contributed by atoms with Gasteiger partial charge in [0.15, 0.2) is 0 Å². The number of carboxylic acids is 1. The zero-order valence-corrected chi connectivity index (χ0v) is 17.0. The number of aliphatic carboxylic acids is 1. The van der Waals surface area contributed by atoms with E-state index in [1.807, 2.05) is 0 Å². The van der Waals surface area contributed by atoms with Gasteiger partial charge >= 0.3 is 11.9 Å². The second-order valence-electron chi connectivity index (χ2n) is 6.26. The highest BCUT2D eigenvalue weighted by Gasteiger charge is 2.34. The Labute approximate surface area is 174 Å². The number of esters is 1. The van der Waals surface area contributed by atoms with Gasteiger partial charge in [0.1, 0.15) is 10.0 Å². The maximum Gasteiger partial charge on any atom is 0.340 e. The van der Waals surface area contributed by atoms with E-state index in [4.69, 9.17) is 0 Å². The summed E-state index contributed by atoms with van der Waals surface area (Å²) in [5.74, 6) is -4.03. The van der Waals surface area contributed by atoms with Crippen LogP contribution in [0.4, 0.5) is 10.0 Å². The summed E-state index contributed by atoms with van der Waals surface area (Å²) in [6, 6.07) is 3.10. The molecule has 2 aromatic heterocycles. The molecule has 1 aliphatic rings. The number of allylic oxidation sites excluding steroid dienone is 2. The Morgan fingerprint density at radius 2 is 1.55 bits per heavy atom. The van der Waals surface area contributed by atoms with E-state index in [1.165, 1.54) is 18.4 Å². The number of methoxy groups -OCH3 is 1. The molecule has 0 fully saturated rings. The van der Waals surface area contributed by atoms with Crippen LogP contribution in [0.5, 0.6) is 0 Å². The topological polar surface area (TPSA) is 122 Å². The van der Waals surface area contributed by atoms with Crippen LogP contribution in [0.3, 0.4) is 0 Å². The molecule has 152 valence electrons. The summed E-state index contributed by atoms with van der Waals surface area (Å²) in [5.41, 5.74) is 0.468. The summed E-state index contributed by atoms with van der Waals surface area (Å²) in [6.07, 6.45) is 4.16. The van der Waals surface area contributed by atoms with E-state index in [1.54, 1.807) is 35.0 Å². The Morgan fingerprint density at radius 1 is 0.966 bits per heavy atom. The lowest BCUT2D eigenvalue weighted by atomic mass is 9.82. The van der Waals surface area contributed by atoms with Crippen molar-refractivity contribution in [2.75, 3.05) is 17.7 Å². The van der Waals surface area contributed by atoms with Gasteiger partial charge in [-0.1, -0.05) is 12.2 Å². The zero-order chi connectivity index (χ0) is 21.0. The van der Waals surface area contributed by atoms with Gasteiger partial charge in [-0.2, -0.15) is 0 Å². The van der Waals surface area contributed by atoms with Gasteiger partial charge < -0.3 is 20.5 Å². The number of rotatable bonds is 6. The summed E-state index contributed by atoms with van der Waals surface area (Å²) >= 11 is 2.34. The highest BCUT2D eigenvalue weighted by Crippen LogP contribution is 2.31. The third-order valence-corrected chi connectivity index (χ3v) is 6.19. The molecule has 0 aliphatic heterocycles. The average Bonchev–Trinajstić information content (AvgIpc) is 3.36. The third-order valence-electron chi connectivity index (χ3n) is 4.53. The van der Waals surface area contributed by atoms with Crippen LogP contribution in [0.25, 0.3) is 0 Å². The average molecular weight is 434 g/mol. The molecule has 3 N–H and O–H groups in total. The first-order valence-electron chi connectivity index (χ1n) is 8.65. The SMILES string of the molecule is COC(=O)c1ccsc1NC(=O)c1ccsc1NC(=O)[C@@H]1CC=CC[C@@H]1C(=O)O. The number of carboxylic acid groups (broad SMARTS) is 1. The number of amides is 2. The molecule has 2 aromatic rings. The molecule has 0 aromatic carbocycles. The van der Waals surface area contributed by atoms with Crippen LogP contribution < -0.4 is 10.6 Å². The van der Waals surface area contributed by atoms with Crippen LogP contribution >= 0.6 is 22.7 Å². The van der Waals surface area contributed by atoms with Crippen molar-refractivity contribution in [2.24, 2.45) is 11.8 Å². The van der Waals surface area contributed by atoms with E-state index in [0.29, 0.717) is 22.8 Å². The maximum atomic E-state index is 12.7. The minimum Gasteiger partial charge on any atom is -0.481 e. The number of hydrogen-bond acceptors (Lipinski definition) is 7. The summed E-state index contributed by atoms with van der Waals surface area (Å²) in [7, 11) is 1.25. The number of carbonyl (C=O) groups excluding carboxylic acids is 3. The first-order chi connectivity index (χ1) is 13.9. The number of carbonyl (C=O) groups is 4. The van der Waals surface area contributed by atoms with Crippen LogP contribution in [0.1, 0.15) is 33.6 Å². The zero-order valence-electron chi connectivity index (χ0n) is 15.3. The van der Waals surface area contributed by atoms with Crippen molar-refractivity contribution in [1.29, 1.82) is 0 Å². The van der Waals surface area contributed by atoms with E-state index in [9.17, 15) is 24.3 Å². The van der Waals surface area contributed by atoms with Crippen molar-refractivity contribution in [2.45, 2.75) is 12.8 Å². The van der Waals surface area contributed by atoms with Crippen LogP contribution in [-0.4, -0.2) is 36.0 Å². The van der Waals surface area contributed by atoms with Gasteiger partial charge in [-0.25, -0.2) is 4.79 Å². The molecule has 10 heteroatoms. The quantitative estimate of drug-likeness (QED) is 0.473. The Bertz CT molecular complexity index is 977. The van der Waals surface area contributed by atoms with Gasteiger partial charge in [0.05, 0.1) is 30.1 Å². The van der Waals surface area contributed by atoms with Gasteiger partial charge in [0.25, 0.3) is 5.91 Å². The fourth-order valence-electron chi connectivity index (χ4n) is 3.01. The number of hydrogen-bond donors (Lipinski definition) is 3. The fourth-order valence-corrected chi connectivity index (χ4v) is 4.57. The number of nitrogens with one attached hydrogen (secondary N) is 2. The number of thiophene rings is 2. The molecule has 0 radical (unpaired) electrons. The lowest BCUT2D eigenvalue weighted by molar-refractivity contribution is -0.146. The molecule has 29 heavy (non-hydrogen) atoms. The molecule has 0 spiro atoms. The first kappa shape index (κ1) is 20.7. The van der Waals surface area contributed by atoms with Gasteiger partial charge in [-0.15, -0.1) is 22.7 Å². The molecule has 1 aliphatic carbocycles. The van der Waals surface area contributed by atoms with Gasteiger partial charge in [-0.3, -0.25) is 14.4 Å². The highest BCUT2D eigenvalue weighted by molar-refractivity contribution is 7.15. The van der Waals surface area contributed by atoms with Crippen molar-refractivity contribution in [3.8, 4) is 0 Å². The smallest absolute Gasteiger partial charge is 0.340 e. The summed E-state index contributed by atoms with van der Waals surface area (Å²) in [5, 5.41) is 18.7. The molecular formula is C19H18N2O6S2. The number of anilines is 2. The van der Waals surface area contributed by atoms with E-state index >= 15 is 0 Å². The Hall–Kier alpha value is -2.98. The van der Waals surface area contributed by atoms with Crippen LogP contribution in [0.15, 0.2) is 35.0 Å². The van der Waals surface area contributed by atoms with Crippen LogP contribution in [-0.2, 0) is 14.3 Å². The van der Waals surface area contributed by atoms with E-state index in [0.717, 1.165) is 11.3 Å². The minimum atomic E-state index is -1.02. The summed E-state index contributed by atoms with van der Waals surface area (Å²) in [6.45, 7) is 0. The Kier molecular flexibility index (Phi) is 6.45. The van der Waals surface area contributed by atoms with Crippen LogP contribution in [0, 0.1) is 11.8 Å². The molecule has 2 heterocycles. The van der Waals surface area contributed by atoms with Crippen molar-refractivity contribution in [1.82, 2.24) is 0 Å². The second kappa shape index (κ2) is 9.01. The molecule has 0 unspecified atom stereocenters. The van der Waals surface area contributed by atoms with Crippen molar-refractivity contribution in [3.63, 3.8) is 0 Å².